The van der Waals surface area contributed by atoms with Gasteiger partial charge in [0, 0.05) is 56.9 Å². The number of likely N-dealkylation sites (N-methyl/N-ethyl adjacent to an activating group) is 1. The third kappa shape index (κ3) is 4.02. The SMILES string of the molecule is CN(CCO)C(=O)c1cc([C@@H]2CCN(Cc3ccnn3C)C2)nc2ccccc12. The van der Waals surface area contributed by atoms with Crippen molar-refractivity contribution in [3.63, 3.8) is 0 Å². The summed E-state index contributed by atoms with van der Waals surface area (Å²) in [5, 5.41) is 14.3. The molecule has 0 saturated carbocycles. The molecule has 1 fully saturated rings. The Morgan fingerprint density at radius 2 is 2.14 bits per heavy atom. The van der Waals surface area contributed by atoms with Gasteiger partial charge >= 0.3 is 0 Å². The predicted molar refractivity (Wildman–Crippen MR) is 112 cm³/mol. The largest absolute Gasteiger partial charge is 0.395 e. The Balaban J connectivity index is 1.61. The maximum Gasteiger partial charge on any atom is 0.254 e. The van der Waals surface area contributed by atoms with Crippen molar-refractivity contribution >= 4 is 16.8 Å². The van der Waals surface area contributed by atoms with Crippen LogP contribution in [0.3, 0.4) is 0 Å². The van der Waals surface area contributed by atoms with Crippen molar-refractivity contribution in [1.82, 2.24) is 24.6 Å². The first-order valence-corrected chi connectivity index (χ1v) is 10.0. The first kappa shape index (κ1) is 19.5. The number of hydrogen-bond acceptors (Lipinski definition) is 5. The zero-order valence-corrected chi connectivity index (χ0v) is 17.0. The van der Waals surface area contributed by atoms with Crippen molar-refractivity contribution < 1.29 is 9.90 Å². The fourth-order valence-corrected chi connectivity index (χ4v) is 4.04. The molecule has 0 bridgehead atoms. The van der Waals surface area contributed by atoms with E-state index in [0.29, 0.717) is 18.0 Å². The van der Waals surface area contributed by atoms with Crippen LogP contribution in [-0.4, -0.2) is 68.9 Å². The molecule has 3 heterocycles. The van der Waals surface area contributed by atoms with E-state index in [1.807, 2.05) is 48.3 Å². The summed E-state index contributed by atoms with van der Waals surface area (Å²) < 4.78 is 1.91. The summed E-state index contributed by atoms with van der Waals surface area (Å²) in [7, 11) is 3.69. The zero-order chi connectivity index (χ0) is 20.4. The van der Waals surface area contributed by atoms with Gasteiger partial charge < -0.3 is 10.0 Å². The second-order valence-electron chi connectivity index (χ2n) is 7.73. The molecule has 1 N–H and O–H groups in total. The molecule has 1 aliphatic rings. The average molecular weight is 393 g/mol. The molecule has 3 aromatic rings. The van der Waals surface area contributed by atoms with E-state index in [1.54, 1.807) is 11.9 Å². The van der Waals surface area contributed by atoms with Gasteiger partial charge in [0.05, 0.1) is 23.4 Å². The van der Waals surface area contributed by atoms with E-state index < -0.39 is 0 Å². The molecule has 0 radical (unpaired) electrons. The molecular weight excluding hydrogens is 366 g/mol. The molecule has 7 heteroatoms. The molecule has 1 saturated heterocycles. The average Bonchev–Trinajstić information content (AvgIpc) is 3.36. The molecule has 0 spiro atoms. The quantitative estimate of drug-likeness (QED) is 0.694. The zero-order valence-electron chi connectivity index (χ0n) is 17.0. The van der Waals surface area contributed by atoms with Gasteiger partial charge in [-0.3, -0.25) is 19.4 Å². The van der Waals surface area contributed by atoms with Crippen LogP contribution in [0.2, 0.25) is 0 Å². The Morgan fingerprint density at radius 1 is 1.31 bits per heavy atom. The number of likely N-dealkylation sites (tertiary alicyclic amines) is 1. The van der Waals surface area contributed by atoms with E-state index in [1.165, 1.54) is 5.69 Å². The first-order valence-electron chi connectivity index (χ1n) is 10.0. The van der Waals surface area contributed by atoms with Gasteiger partial charge in [-0.05, 0) is 31.2 Å². The molecular formula is C22H27N5O2. The monoisotopic (exact) mass is 393 g/mol. The molecule has 152 valence electrons. The van der Waals surface area contributed by atoms with Gasteiger partial charge in [0.1, 0.15) is 0 Å². The third-order valence-electron chi connectivity index (χ3n) is 5.75. The minimum absolute atomic E-state index is 0.0519. The van der Waals surface area contributed by atoms with Crippen LogP contribution >= 0.6 is 0 Å². The molecule has 2 aromatic heterocycles. The summed E-state index contributed by atoms with van der Waals surface area (Å²) in [5.41, 5.74) is 3.66. The van der Waals surface area contributed by atoms with Gasteiger partial charge in [-0.15, -0.1) is 0 Å². The normalized spacial score (nSPS) is 17.1. The van der Waals surface area contributed by atoms with Gasteiger partial charge in [0.15, 0.2) is 0 Å². The summed E-state index contributed by atoms with van der Waals surface area (Å²) in [6.45, 7) is 3.04. The van der Waals surface area contributed by atoms with Crippen LogP contribution < -0.4 is 0 Å². The number of aryl methyl sites for hydroxylation is 1. The highest BCUT2D eigenvalue weighted by molar-refractivity contribution is 6.06. The predicted octanol–water partition coefficient (Wildman–Crippen LogP) is 2.02. The number of nitrogens with zero attached hydrogens (tertiary/aromatic N) is 5. The number of amides is 1. The minimum Gasteiger partial charge on any atom is -0.395 e. The Morgan fingerprint density at radius 3 is 2.90 bits per heavy atom. The molecule has 1 aromatic carbocycles. The molecule has 4 rings (SSSR count). The topological polar surface area (TPSA) is 74.5 Å². The summed E-state index contributed by atoms with van der Waals surface area (Å²) in [4.78, 5) is 21.9. The van der Waals surface area contributed by atoms with Crippen molar-refractivity contribution in [2.24, 2.45) is 7.05 Å². The second kappa shape index (κ2) is 8.31. The maximum absolute atomic E-state index is 13.0. The lowest BCUT2D eigenvalue weighted by atomic mass is 9.99. The van der Waals surface area contributed by atoms with Crippen molar-refractivity contribution in [2.45, 2.75) is 18.9 Å². The first-order chi connectivity index (χ1) is 14.1. The van der Waals surface area contributed by atoms with Crippen LogP contribution in [0, 0.1) is 0 Å². The highest BCUT2D eigenvalue weighted by Gasteiger charge is 2.27. The number of rotatable bonds is 6. The second-order valence-corrected chi connectivity index (χ2v) is 7.73. The van der Waals surface area contributed by atoms with Crippen LogP contribution in [0.5, 0.6) is 0 Å². The number of pyridine rings is 1. The van der Waals surface area contributed by atoms with Crippen molar-refractivity contribution in [3.05, 3.63) is 59.5 Å². The van der Waals surface area contributed by atoms with Crippen LogP contribution in [-0.2, 0) is 13.6 Å². The van der Waals surface area contributed by atoms with Crippen molar-refractivity contribution in [1.29, 1.82) is 0 Å². The smallest absolute Gasteiger partial charge is 0.254 e. The fraction of sp³-hybridized carbons (Fsp3) is 0.409. The molecule has 1 amide bonds. The highest BCUT2D eigenvalue weighted by atomic mass is 16.3. The summed E-state index contributed by atoms with van der Waals surface area (Å²) in [6.07, 6.45) is 2.85. The number of aliphatic hydroxyl groups is 1. The van der Waals surface area contributed by atoms with Crippen LogP contribution in [0.1, 0.15) is 34.1 Å². The molecule has 29 heavy (non-hydrogen) atoms. The number of fused-ring (bicyclic) bond motifs is 1. The number of benzene rings is 1. The van der Waals surface area contributed by atoms with E-state index in [-0.39, 0.29) is 12.5 Å². The number of carbonyl (C=O) groups excluding carboxylic acids is 1. The Kier molecular flexibility index (Phi) is 5.60. The van der Waals surface area contributed by atoms with Crippen molar-refractivity contribution in [2.75, 3.05) is 33.3 Å². The summed E-state index contributed by atoms with van der Waals surface area (Å²) in [5.74, 6) is 0.214. The van der Waals surface area contributed by atoms with Crippen LogP contribution in [0.4, 0.5) is 0 Å². The minimum atomic E-state index is -0.0800. The number of para-hydroxylation sites is 1. The van der Waals surface area contributed by atoms with Crippen LogP contribution in [0.15, 0.2) is 42.6 Å². The molecule has 0 aliphatic carbocycles. The van der Waals surface area contributed by atoms with Gasteiger partial charge in [0.25, 0.3) is 5.91 Å². The fourth-order valence-electron chi connectivity index (χ4n) is 4.04. The lowest BCUT2D eigenvalue weighted by Crippen LogP contribution is -2.30. The third-order valence-corrected chi connectivity index (χ3v) is 5.75. The Hall–Kier alpha value is -2.77. The van der Waals surface area contributed by atoms with Gasteiger partial charge in [-0.1, -0.05) is 18.2 Å². The standard InChI is InChI=1S/C22H27N5O2/c1-25(11-12-28)22(29)19-13-21(24-20-6-4-3-5-18(19)20)16-8-10-27(14-16)15-17-7-9-23-26(17)2/h3-7,9,13,16,28H,8,10-12,14-15H2,1-2H3/t16-/m1/s1. The molecule has 7 nitrogen and oxygen atoms in total. The van der Waals surface area contributed by atoms with Gasteiger partial charge in [0.2, 0.25) is 0 Å². The number of aliphatic hydroxyl groups excluding tert-OH is 1. The molecule has 0 unspecified atom stereocenters. The van der Waals surface area contributed by atoms with E-state index in [0.717, 1.165) is 42.7 Å². The van der Waals surface area contributed by atoms with E-state index in [4.69, 9.17) is 4.98 Å². The maximum atomic E-state index is 13.0. The van der Waals surface area contributed by atoms with E-state index in [2.05, 4.69) is 16.1 Å². The number of carbonyl (C=O) groups is 1. The van der Waals surface area contributed by atoms with E-state index >= 15 is 0 Å². The lowest BCUT2D eigenvalue weighted by molar-refractivity contribution is 0.0768. The summed E-state index contributed by atoms with van der Waals surface area (Å²) in [6, 6.07) is 11.8. The Bertz CT molecular complexity index is 1020. The van der Waals surface area contributed by atoms with Gasteiger partial charge in [-0.25, -0.2) is 0 Å². The molecule has 1 atom stereocenters. The molecule has 1 aliphatic heterocycles. The summed E-state index contributed by atoms with van der Waals surface area (Å²) >= 11 is 0. The Labute approximate surface area is 170 Å². The van der Waals surface area contributed by atoms with Crippen molar-refractivity contribution in [3.8, 4) is 0 Å². The van der Waals surface area contributed by atoms with Crippen LogP contribution in [0.25, 0.3) is 10.9 Å². The number of aromatic nitrogens is 3. The number of hydrogen-bond donors (Lipinski definition) is 1. The van der Waals surface area contributed by atoms with Gasteiger partial charge in [-0.2, -0.15) is 5.10 Å². The highest BCUT2D eigenvalue weighted by Crippen LogP contribution is 2.30. The lowest BCUT2D eigenvalue weighted by Gasteiger charge is -2.19. The van der Waals surface area contributed by atoms with E-state index in [9.17, 15) is 9.90 Å².